The fraction of sp³-hybridized carbons (Fsp3) is 0.308. The summed E-state index contributed by atoms with van der Waals surface area (Å²) in [5.41, 5.74) is 6.55. The van der Waals surface area contributed by atoms with Crippen molar-refractivity contribution in [2.45, 2.75) is 19.9 Å². The Morgan fingerprint density at radius 1 is 1.20 bits per heavy atom. The molecular weight excluding hydrogens is 184 g/mol. The first kappa shape index (κ1) is 10.1. The molecular formula is C13H18N2+2. The van der Waals surface area contributed by atoms with Crippen LogP contribution in [0.5, 0.6) is 0 Å². The fourth-order valence-corrected chi connectivity index (χ4v) is 1.91. The largest absolute Gasteiger partial charge is 0.357 e. The van der Waals surface area contributed by atoms with Crippen molar-refractivity contribution in [3.63, 3.8) is 0 Å². The van der Waals surface area contributed by atoms with Crippen molar-refractivity contribution < 1.29 is 10.3 Å². The van der Waals surface area contributed by atoms with Gasteiger partial charge in [0.2, 0.25) is 5.52 Å². The Labute approximate surface area is 90.3 Å². The van der Waals surface area contributed by atoms with E-state index >= 15 is 0 Å². The van der Waals surface area contributed by atoms with Crippen LogP contribution >= 0.6 is 0 Å². The van der Waals surface area contributed by atoms with Gasteiger partial charge in [0.1, 0.15) is 0 Å². The number of aromatic nitrogens is 1. The van der Waals surface area contributed by atoms with Crippen LogP contribution in [0.1, 0.15) is 12.0 Å². The molecule has 2 rings (SSSR count). The van der Waals surface area contributed by atoms with E-state index in [-0.39, 0.29) is 0 Å². The number of benzene rings is 1. The molecule has 0 bridgehead atoms. The minimum absolute atomic E-state index is 0.995. The van der Waals surface area contributed by atoms with Gasteiger partial charge in [-0.15, -0.1) is 0 Å². The van der Waals surface area contributed by atoms with Crippen molar-refractivity contribution in [3.8, 4) is 0 Å². The second kappa shape index (κ2) is 4.41. The second-order valence-electron chi connectivity index (χ2n) is 3.92. The molecule has 2 nitrogen and oxygen atoms in total. The molecule has 0 saturated carbocycles. The summed E-state index contributed by atoms with van der Waals surface area (Å²) in [5.74, 6) is 0. The second-order valence-corrected chi connectivity index (χ2v) is 3.92. The van der Waals surface area contributed by atoms with E-state index in [1.807, 2.05) is 0 Å². The van der Waals surface area contributed by atoms with Crippen LogP contribution in [0.15, 0.2) is 36.5 Å². The van der Waals surface area contributed by atoms with Gasteiger partial charge in [0, 0.05) is 17.5 Å². The van der Waals surface area contributed by atoms with Gasteiger partial charge in [-0.25, -0.2) is 0 Å². The number of rotatable bonds is 3. The van der Waals surface area contributed by atoms with Crippen molar-refractivity contribution in [1.29, 1.82) is 0 Å². The third-order valence-corrected chi connectivity index (χ3v) is 2.79. The van der Waals surface area contributed by atoms with E-state index < -0.39 is 0 Å². The highest BCUT2D eigenvalue weighted by Crippen LogP contribution is 2.13. The van der Waals surface area contributed by atoms with Crippen LogP contribution in [-0.2, 0) is 6.54 Å². The summed E-state index contributed by atoms with van der Waals surface area (Å²) in [6, 6.07) is 10.8. The molecule has 15 heavy (non-hydrogen) atoms. The Balaban J connectivity index is 2.51. The average molecular weight is 202 g/mol. The summed E-state index contributed by atoms with van der Waals surface area (Å²) < 4.78 is 2.31. The zero-order valence-corrected chi connectivity index (χ0v) is 9.24. The molecule has 0 radical (unpaired) electrons. The number of para-hydroxylation sites is 1. The molecule has 0 aliphatic carbocycles. The van der Waals surface area contributed by atoms with E-state index in [1.165, 1.54) is 16.5 Å². The smallest absolute Gasteiger partial charge is 0.212 e. The Hall–Kier alpha value is -1.41. The highest BCUT2D eigenvalue weighted by atomic mass is 14.9. The van der Waals surface area contributed by atoms with Gasteiger partial charge in [-0.1, -0.05) is 12.1 Å². The zero-order chi connectivity index (χ0) is 10.7. The first-order chi connectivity index (χ1) is 7.33. The Morgan fingerprint density at radius 3 is 2.80 bits per heavy atom. The zero-order valence-electron chi connectivity index (χ0n) is 9.24. The lowest BCUT2D eigenvalue weighted by Gasteiger charge is -2.02. The number of quaternary nitrogens is 1. The molecule has 0 unspecified atom stereocenters. The van der Waals surface area contributed by atoms with Crippen LogP contribution in [0.4, 0.5) is 0 Å². The van der Waals surface area contributed by atoms with Gasteiger partial charge in [0.15, 0.2) is 12.7 Å². The first-order valence-corrected chi connectivity index (χ1v) is 5.50. The summed E-state index contributed by atoms with van der Waals surface area (Å²) in [5, 5.41) is 1.35. The molecule has 0 atom stereocenters. The van der Waals surface area contributed by atoms with Crippen LogP contribution in [0.2, 0.25) is 0 Å². The Kier molecular flexibility index (Phi) is 2.97. The predicted molar refractivity (Wildman–Crippen MR) is 61.3 cm³/mol. The summed E-state index contributed by atoms with van der Waals surface area (Å²) in [6.07, 6.45) is 3.31. The number of hydrogen-bond donors (Lipinski definition) is 1. The molecule has 3 N–H and O–H groups in total. The predicted octanol–water partition coefficient (Wildman–Crippen LogP) is 1.07. The van der Waals surface area contributed by atoms with Crippen molar-refractivity contribution in [3.05, 3.63) is 42.1 Å². The third-order valence-electron chi connectivity index (χ3n) is 2.79. The minimum Gasteiger partial charge on any atom is -0.357 e. The van der Waals surface area contributed by atoms with Crippen LogP contribution in [0, 0.1) is 6.92 Å². The molecule has 1 heterocycles. The number of pyridine rings is 1. The van der Waals surface area contributed by atoms with Crippen molar-refractivity contribution in [2.75, 3.05) is 6.54 Å². The Bertz CT molecular complexity index is 463. The lowest BCUT2D eigenvalue weighted by molar-refractivity contribution is -0.674. The topological polar surface area (TPSA) is 31.5 Å². The van der Waals surface area contributed by atoms with E-state index in [9.17, 15) is 0 Å². The molecule has 78 valence electrons. The summed E-state index contributed by atoms with van der Waals surface area (Å²) >= 11 is 0. The molecule has 0 spiro atoms. The maximum absolute atomic E-state index is 3.89. The number of aryl methyl sites for hydroxylation is 2. The molecule has 0 amide bonds. The lowest BCUT2D eigenvalue weighted by Crippen LogP contribution is -2.51. The maximum atomic E-state index is 3.89. The van der Waals surface area contributed by atoms with Crippen molar-refractivity contribution >= 4 is 10.9 Å². The van der Waals surface area contributed by atoms with Gasteiger partial charge >= 0.3 is 0 Å². The van der Waals surface area contributed by atoms with Crippen molar-refractivity contribution in [2.24, 2.45) is 0 Å². The summed E-state index contributed by atoms with van der Waals surface area (Å²) in [7, 11) is 0. The monoisotopic (exact) mass is 202 g/mol. The molecule has 0 fully saturated rings. The summed E-state index contributed by atoms with van der Waals surface area (Å²) in [4.78, 5) is 0. The molecule has 1 aromatic heterocycles. The number of nitrogens with zero attached hydrogens (tertiary/aromatic N) is 1. The number of hydrogen-bond acceptors (Lipinski definition) is 0. The van der Waals surface area contributed by atoms with E-state index in [0.717, 1.165) is 19.5 Å². The van der Waals surface area contributed by atoms with E-state index in [1.54, 1.807) is 0 Å². The van der Waals surface area contributed by atoms with Crippen LogP contribution in [0.3, 0.4) is 0 Å². The quantitative estimate of drug-likeness (QED) is 0.722. The molecule has 0 saturated heterocycles. The van der Waals surface area contributed by atoms with Crippen LogP contribution in [-0.4, -0.2) is 6.54 Å². The van der Waals surface area contributed by atoms with Gasteiger partial charge < -0.3 is 5.73 Å². The van der Waals surface area contributed by atoms with E-state index in [0.29, 0.717) is 0 Å². The third kappa shape index (κ3) is 2.00. The first-order valence-electron chi connectivity index (χ1n) is 5.50. The normalized spacial score (nSPS) is 10.8. The highest BCUT2D eigenvalue weighted by molar-refractivity contribution is 5.78. The maximum Gasteiger partial charge on any atom is 0.212 e. The lowest BCUT2D eigenvalue weighted by atomic mass is 10.1. The minimum atomic E-state index is 0.995. The van der Waals surface area contributed by atoms with Gasteiger partial charge in [-0.05, 0) is 18.6 Å². The SMILES string of the molecule is Cc1cc[n+](CCC[NH3+])c2ccccc12. The molecule has 2 heteroatoms. The molecule has 0 aliphatic rings. The van der Waals surface area contributed by atoms with Gasteiger partial charge in [-0.2, -0.15) is 4.57 Å². The highest BCUT2D eigenvalue weighted by Gasteiger charge is 2.08. The molecule has 1 aromatic carbocycles. The van der Waals surface area contributed by atoms with Crippen molar-refractivity contribution in [1.82, 2.24) is 0 Å². The summed E-state index contributed by atoms with van der Waals surface area (Å²) in [6.45, 7) is 4.22. The van der Waals surface area contributed by atoms with Gasteiger partial charge in [0.25, 0.3) is 0 Å². The standard InChI is InChI=1S/C13H17N2/c1-11-7-10-15(9-4-8-14)13-6-3-2-5-12(11)13/h2-3,5-7,10H,4,8-9,14H2,1H3/q+1/p+1. The Morgan fingerprint density at radius 2 is 2.00 bits per heavy atom. The van der Waals surface area contributed by atoms with Gasteiger partial charge in [0.05, 0.1) is 13.0 Å². The molecule has 2 aromatic rings. The average Bonchev–Trinajstić information content (AvgIpc) is 2.29. The van der Waals surface area contributed by atoms with Crippen LogP contribution < -0.4 is 10.3 Å². The van der Waals surface area contributed by atoms with E-state index in [2.05, 4.69) is 53.8 Å². The number of fused-ring (bicyclic) bond motifs is 1. The fourth-order valence-electron chi connectivity index (χ4n) is 1.91. The molecule has 0 aliphatic heterocycles. The van der Waals surface area contributed by atoms with Crippen LogP contribution in [0.25, 0.3) is 10.9 Å². The van der Waals surface area contributed by atoms with E-state index in [4.69, 9.17) is 0 Å². The van der Waals surface area contributed by atoms with Gasteiger partial charge in [-0.3, -0.25) is 0 Å².